The molecule has 0 saturated heterocycles. The highest BCUT2D eigenvalue weighted by Gasteiger charge is 2.20. The predicted molar refractivity (Wildman–Crippen MR) is 67.0 cm³/mol. The van der Waals surface area contributed by atoms with Gasteiger partial charge in [0, 0.05) is 12.8 Å². The smallest absolute Gasteiger partial charge is 0.123 e. The van der Waals surface area contributed by atoms with Crippen LogP contribution < -0.4 is 22.9 Å². The Balaban J connectivity index is 1.97. The summed E-state index contributed by atoms with van der Waals surface area (Å²) in [6.45, 7) is 0. The van der Waals surface area contributed by atoms with Gasteiger partial charge < -0.3 is 27.7 Å². The molecule has 0 aliphatic heterocycles. The minimum atomic E-state index is -0.771. The van der Waals surface area contributed by atoms with Crippen LogP contribution in [-0.2, 0) is 4.74 Å². The Morgan fingerprint density at radius 1 is 0.824 bits per heavy atom. The van der Waals surface area contributed by atoms with E-state index in [4.69, 9.17) is 27.7 Å². The van der Waals surface area contributed by atoms with Crippen LogP contribution in [0.25, 0.3) is 0 Å². The zero-order valence-electron chi connectivity index (χ0n) is 9.60. The Hall–Kier alpha value is -1.40. The fraction of sp³-hybridized carbons (Fsp3) is 0.333. The van der Waals surface area contributed by atoms with Crippen LogP contribution in [0.2, 0.25) is 0 Å². The van der Waals surface area contributed by atoms with E-state index in [0.29, 0.717) is 12.8 Å². The summed E-state index contributed by atoms with van der Waals surface area (Å²) in [4.78, 5) is 0. The van der Waals surface area contributed by atoms with Crippen molar-refractivity contribution in [2.75, 3.05) is 0 Å². The normalized spacial score (nSPS) is 25.2. The van der Waals surface area contributed by atoms with Gasteiger partial charge in [-0.1, -0.05) is 0 Å². The molecule has 0 spiro atoms. The third kappa shape index (κ3) is 3.28. The lowest BCUT2D eigenvalue weighted by molar-refractivity contribution is 0.320. The minimum Gasteiger partial charge on any atom is -0.458 e. The molecule has 2 rings (SSSR count). The molecule has 0 fully saturated rings. The molecule has 8 N–H and O–H groups in total. The maximum atomic E-state index is 5.74. The minimum absolute atomic E-state index is 0.549. The van der Waals surface area contributed by atoms with Gasteiger partial charge in [-0.2, -0.15) is 0 Å². The summed E-state index contributed by atoms with van der Waals surface area (Å²) in [5, 5.41) is 0. The van der Waals surface area contributed by atoms with Gasteiger partial charge in [0.2, 0.25) is 0 Å². The van der Waals surface area contributed by atoms with Crippen LogP contribution in [-0.4, -0.2) is 11.3 Å². The Morgan fingerprint density at radius 2 is 1.24 bits per heavy atom. The summed E-state index contributed by atoms with van der Waals surface area (Å²) in [5.74, 6) is 1.46. The fourth-order valence-corrected chi connectivity index (χ4v) is 1.59. The third-order valence-electron chi connectivity index (χ3n) is 2.67. The number of rotatable bonds is 2. The second-order valence-electron chi connectivity index (χ2n) is 4.61. The molecule has 0 atom stereocenters. The molecule has 92 valence electrons. The van der Waals surface area contributed by atoms with E-state index >= 15 is 0 Å². The van der Waals surface area contributed by atoms with Gasteiger partial charge >= 0.3 is 0 Å². The average molecular weight is 234 g/mol. The summed E-state index contributed by atoms with van der Waals surface area (Å²) >= 11 is 0. The molecule has 5 heteroatoms. The van der Waals surface area contributed by atoms with E-state index in [1.807, 2.05) is 12.2 Å². The van der Waals surface area contributed by atoms with E-state index in [2.05, 4.69) is 0 Å². The summed E-state index contributed by atoms with van der Waals surface area (Å²) in [5.41, 5.74) is 21.4. The van der Waals surface area contributed by atoms with Crippen LogP contribution in [0.3, 0.4) is 0 Å². The SMILES string of the molecule is NC1(N)C=CC(OC2=CCC(N)(N)C=C2)=CC1. The van der Waals surface area contributed by atoms with Crippen LogP contribution in [0.4, 0.5) is 0 Å². The van der Waals surface area contributed by atoms with Gasteiger partial charge in [0.25, 0.3) is 0 Å². The van der Waals surface area contributed by atoms with Crippen molar-refractivity contribution in [3.05, 3.63) is 48.0 Å². The standard InChI is InChI=1S/C12H18N4O/c13-11(14)5-1-9(2-6-11)17-10-3-7-12(15,16)8-4-10/h1-5,7H,6,8,13-16H2. The van der Waals surface area contributed by atoms with Gasteiger partial charge in [-0.3, -0.25) is 0 Å². The highest BCUT2D eigenvalue weighted by molar-refractivity contribution is 5.29. The van der Waals surface area contributed by atoms with E-state index in [9.17, 15) is 0 Å². The second-order valence-corrected chi connectivity index (χ2v) is 4.61. The first-order chi connectivity index (χ1) is 7.86. The Bertz CT molecular complexity index is 390. The van der Waals surface area contributed by atoms with Gasteiger partial charge in [-0.25, -0.2) is 0 Å². The first-order valence-corrected chi connectivity index (χ1v) is 5.49. The number of hydrogen-bond acceptors (Lipinski definition) is 5. The van der Waals surface area contributed by atoms with Crippen molar-refractivity contribution >= 4 is 0 Å². The summed E-state index contributed by atoms with van der Waals surface area (Å²) in [6, 6.07) is 0. The first kappa shape index (κ1) is 12.1. The highest BCUT2D eigenvalue weighted by atomic mass is 16.5. The molecule has 17 heavy (non-hydrogen) atoms. The third-order valence-corrected chi connectivity index (χ3v) is 2.67. The number of ether oxygens (including phenoxy) is 1. The maximum Gasteiger partial charge on any atom is 0.123 e. The quantitative estimate of drug-likeness (QED) is 0.499. The molecule has 0 heterocycles. The van der Waals surface area contributed by atoms with Crippen LogP contribution >= 0.6 is 0 Å². The van der Waals surface area contributed by atoms with E-state index in [0.717, 1.165) is 11.5 Å². The lowest BCUT2D eigenvalue weighted by Crippen LogP contribution is -2.48. The van der Waals surface area contributed by atoms with Crippen molar-refractivity contribution < 1.29 is 4.74 Å². The van der Waals surface area contributed by atoms with Crippen molar-refractivity contribution in [1.29, 1.82) is 0 Å². The first-order valence-electron chi connectivity index (χ1n) is 5.49. The topological polar surface area (TPSA) is 113 Å². The average Bonchev–Trinajstić information content (AvgIpc) is 2.24. The Kier molecular flexibility index (Phi) is 2.92. The monoisotopic (exact) mass is 234 g/mol. The Morgan fingerprint density at radius 3 is 1.53 bits per heavy atom. The lowest BCUT2D eigenvalue weighted by atomic mass is 10.0. The molecular formula is C12H18N4O. The molecule has 0 aromatic rings. The lowest BCUT2D eigenvalue weighted by Gasteiger charge is -2.25. The largest absolute Gasteiger partial charge is 0.458 e. The molecule has 0 aromatic carbocycles. The summed E-state index contributed by atoms with van der Waals surface area (Å²) in [7, 11) is 0. The van der Waals surface area contributed by atoms with Gasteiger partial charge in [-0.15, -0.1) is 0 Å². The molecule has 0 aromatic heterocycles. The van der Waals surface area contributed by atoms with E-state index in [-0.39, 0.29) is 0 Å². The van der Waals surface area contributed by atoms with Crippen LogP contribution in [0, 0.1) is 0 Å². The van der Waals surface area contributed by atoms with Crippen LogP contribution in [0.5, 0.6) is 0 Å². The molecule has 0 saturated carbocycles. The van der Waals surface area contributed by atoms with Crippen LogP contribution in [0.1, 0.15) is 12.8 Å². The molecule has 0 bridgehead atoms. The molecule has 0 amide bonds. The molecule has 2 aliphatic carbocycles. The van der Waals surface area contributed by atoms with Gasteiger partial charge in [0.1, 0.15) is 11.5 Å². The van der Waals surface area contributed by atoms with Crippen molar-refractivity contribution in [2.45, 2.75) is 24.2 Å². The van der Waals surface area contributed by atoms with E-state index < -0.39 is 11.3 Å². The predicted octanol–water partition coefficient (Wildman–Crippen LogP) is -0.0820. The van der Waals surface area contributed by atoms with Gasteiger partial charge in [0.05, 0.1) is 11.3 Å². The van der Waals surface area contributed by atoms with Crippen molar-refractivity contribution in [3.8, 4) is 0 Å². The van der Waals surface area contributed by atoms with E-state index in [1.165, 1.54) is 0 Å². The summed E-state index contributed by atoms with van der Waals surface area (Å²) < 4.78 is 5.65. The summed E-state index contributed by atoms with van der Waals surface area (Å²) in [6.07, 6.45) is 11.8. The molecule has 0 unspecified atom stereocenters. The zero-order valence-corrected chi connectivity index (χ0v) is 9.60. The zero-order chi connectivity index (χ0) is 12.5. The molecule has 0 radical (unpaired) electrons. The maximum absolute atomic E-state index is 5.74. The fourth-order valence-electron chi connectivity index (χ4n) is 1.59. The van der Waals surface area contributed by atoms with Gasteiger partial charge in [-0.05, 0) is 36.5 Å². The van der Waals surface area contributed by atoms with E-state index in [1.54, 1.807) is 24.3 Å². The Labute approximate surface area is 100 Å². The molecular weight excluding hydrogens is 216 g/mol. The molecule has 5 nitrogen and oxygen atoms in total. The van der Waals surface area contributed by atoms with Crippen molar-refractivity contribution in [2.24, 2.45) is 22.9 Å². The van der Waals surface area contributed by atoms with Crippen molar-refractivity contribution in [1.82, 2.24) is 0 Å². The second kappa shape index (κ2) is 4.12. The number of hydrogen-bond donors (Lipinski definition) is 4. The van der Waals surface area contributed by atoms with Gasteiger partial charge in [0.15, 0.2) is 0 Å². The highest BCUT2D eigenvalue weighted by Crippen LogP contribution is 2.21. The number of allylic oxidation sites excluding steroid dienone is 2. The molecule has 2 aliphatic rings. The number of nitrogens with two attached hydrogens (primary N) is 4. The van der Waals surface area contributed by atoms with Crippen molar-refractivity contribution in [3.63, 3.8) is 0 Å². The van der Waals surface area contributed by atoms with Crippen LogP contribution in [0.15, 0.2) is 48.0 Å².